The maximum Gasteiger partial charge on any atom is 0.0931 e. The van der Waals surface area contributed by atoms with Gasteiger partial charge in [-0.3, -0.25) is 4.90 Å². The van der Waals surface area contributed by atoms with Crippen LogP contribution in [-0.2, 0) is 0 Å². The fourth-order valence-corrected chi connectivity index (χ4v) is 3.79. The number of nitrogens with two attached hydrogens (primary N) is 1. The summed E-state index contributed by atoms with van der Waals surface area (Å²) in [6, 6.07) is 4.57. The zero-order valence-electron chi connectivity index (χ0n) is 9.82. The second-order valence-electron chi connectivity index (χ2n) is 4.83. The van der Waals surface area contributed by atoms with Crippen molar-refractivity contribution in [3.63, 3.8) is 0 Å². The molecule has 1 aromatic heterocycles. The molecule has 3 atom stereocenters. The normalized spacial score (nSPS) is 25.9. The molecule has 0 bridgehead atoms. The number of hydrogen-bond donors (Lipinski definition) is 1. The van der Waals surface area contributed by atoms with E-state index in [4.69, 9.17) is 17.3 Å². The van der Waals surface area contributed by atoms with Gasteiger partial charge in [0.15, 0.2) is 0 Å². The minimum atomic E-state index is 0.153. The van der Waals surface area contributed by atoms with Crippen LogP contribution < -0.4 is 5.73 Å². The molecule has 1 saturated heterocycles. The molecule has 0 spiro atoms. The largest absolute Gasteiger partial charge is 0.326 e. The summed E-state index contributed by atoms with van der Waals surface area (Å²) in [4.78, 5) is 3.80. The molecule has 4 heteroatoms. The SMILES string of the molecule is CC1CCN(C(c2ccc(Cl)s2)C(C)N)C1. The third kappa shape index (κ3) is 2.59. The zero-order chi connectivity index (χ0) is 11.7. The van der Waals surface area contributed by atoms with Gasteiger partial charge in [-0.15, -0.1) is 11.3 Å². The molecule has 90 valence electrons. The molecule has 1 aliphatic rings. The van der Waals surface area contributed by atoms with E-state index in [0.29, 0.717) is 6.04 Å². The van der Waals surface area contributed by atoms with E-state index < -0.39 is 0 Å². The number of thiophene rings is 1. The Hall–Kier alpha value is -0.0900. The van der Waals surface area contributed by atoms with Crippen molar-refractivity contribution in [2.75, 3.05) is 13.1 Å². The lowest BCUT2D eigenvalue weighted by Gasteiger charge is -2.30. The van der Waals surface area contributed by atoms with Crippen LogP contribution in [0.3, 0.4) is 0 Å². The molecule has 0 aliphatic carbocycles. The Morgan fingerprint density at radius 2 is 2.31 bits per heavy atom. The van der Waals surface area contributed by atoms with Gasteiger partial charge in [-0.2, -0.15) is 0 Å². The minimum absolute atomic E-state index is 0.153. The molecule has 1 fully saturated rings. The quantitative estimate of drug-likeness (QED) is 0.903. The molecular formula is C12H19ClN2S. The van der Waals surface area contributed by atoms with Crippen LogP contribution in [0.15, 0.2) is 12.1 Å². The Balaban J connectivity index is 2.17. The van der Waals surface area contributed by atoms with E-state index in [0.717, 1.165) is 23.3 Å². The Kier molecular flexibility index (Phi) is 3.90. The minimum Gasteiger partial charge on any atom is -0.326 e. The molecule has 3 unspecified atom stereocenters. The Morgan fingerprint density at radius 1 is 1.56 bits per heavy atom. The van der Waals surface area contributed by atoms with Crippen molar-refractivity contribution in [3.8, 4) is 0 Å². The monoisotopic (exact) mass is 258 g/mol. The van der Waals surface area contributed by atoms with Crippen LogP contribution in [0.2, 0.25) is 4.34 Å². The Bertz CT molecular complexity index is 351. The first kappa shape index (κ1) is 12.4. The van der Waals surface area contributed by atoms with Gasteiger partial charge in [0.2, 0.25) is 0 Å². The summed E-state index contributed by atoms with van der Waals surface area (Å²) in [6.07, 6.45) is 1.28. The molecule has 16 heavy (non-hydrogen) atoms. The van der Waals surface area contributed by atoms with Gasteiger partial charge in [0.1, 0.15) is 0 Å². The summed E-state index contributed by atoms with van der Waals surface area (Å²) in [6.45, 7) is 6.70. The molecule has 2 heterocycles. The average Bonchev–Trinajstić information content (AvgIpc) is 2.76. The number of rotatable bonds is 3. The van der Waals surface area contributed by atoms with E-state index in [-0.39, 0.29) is 6.04 Å². The van der Waals surface area contributed by atoms with Crippen molar-refractivity contribution in [2.45, 2.75) is 32.4 Å². The van der Waals surface area contributed by atoms with Crippen LogP contribution >= 0.6 is 22.9 Å². The Morgan fingerprint density at radius 3 is 2.75 bits per heavy atom. The number of nitrogens with zero attached hydrogens (tertiary/aromatic N) is 1. The maximum atomic E-state index is 6.13. The highest BCUT2D eigenvalue weighted by Gasteiger charge is 2.30. The van der Waals surface area contributed by atoms with Crippen molar-refractivity contribution < 1.29 is 0 Å². The van der Waals surface area contributed by atoms with Crippen LogP contribution in [0.4, 0.5) is 0 Å². The Labute approximate surface area is 106 Å². The van der Waals surface area contributed by atoms with Gasteiger partial charge in [-0.25, -0.2) is 0 Å². The van der Waals surface area contributed by atoms with E-state index in [1.165, 1.54) is 11.3 Å². The lowest BCUT2D eigenvalue weighted by molar-refractivity contribution is 0.216. The van der Waals surface area contributed by atoms with Gasteiger partial charge in [0, 0.05) is 17.5 Å². The van der Waals surface area contributed by atoms with E-state index >= 15 is 0 Å². The van der Waals surface area contributed by atoms with Crippen molar-refractivity contribution in [1.82, 2.24) is 4.90 Å². The lowest BCUT2D eigenvalue weighted by atomic mass is 10.1. The van der Waals surface area contributed by atoms with Gasteiger partial charge in [-0.05, 0) is 37.9 Å². The number of hydrogen-bond acceptors (Lipinski definition) is 3. The van der Waals surface area contributed by atoms with Crippen LogP contribution in [0.25, 0.3) is 0 Å². The van der Waals surface area contributed by atoms with Gasteiger partial charge < -0.3 is 5.73 Å². The molecule has 0 saturated carbocycles. The molecular weight excluding hydrogens is 240 g/mol. The summed E-state index contributed by atoms with van der Waals surface area (Å²) in [5.41, 5.74) is 6.13. The smallest absolute Gasteiger partial charge is 0.0931 e. The highest BCUT2D eigenvalue weighted by atomic mass is 35.5. The summed E-state index contributed by atoms with van der Waals surface area (Å²) in [7, 11) is 0. The number of likely N-dealkylation sites (tertiary alicyclic amines) is 1. The first-order valence-electron chi connectivity index (χ1n) is 5.83. The van der Waals surface area contributed by atoms with Crippen molar-refractivity contribution in [1.29, 1.82) is 0 Å². The van der Waals surface area contributed by atoms with E-state index in [2.05, 4.69) is 24.8 Å². The van der Waals surface area contributed by atoms with E-state index in [1.54, 1.807) is 11.3 Å². The molecule has 2 N–H and O–H groups in total. The zero-order valence-corrected chi connectivity index (χ0v) is 11.4. The summed E-state index contributed by atoms with van der Waals surface area (Å²) in [5.74, 6) is 0.789. The first-order valence-corrected chi connectivity index (χ1v) is 7.02. The standard InChI is InChI=1S/C12H19ClN2S/c1-8-5-6-15(7-8)12(9(2)14)10-3-4-11(13)16-10/h3-4,8-9,12H,5-7,14H2,1-2H3. The maximum absolute atomic E-state index is 6.13. The van der Waals surface area contributed by atoms with Gasteiger partial charge in [0.25, 0.3) is 0 Å². The second kappa shape index (κ2) is 5.05. The van der Waals surface area contributed by atoms with Crippen LogP contribution in [0.5, 0.6) is 0 Å². The molecule has 1 aromatic rings. The lowest BCUT2D eigenvalue weighted by Crippen LogP contribution is -2.37. The highest BCUT2D eigenvalue weighted by Crippen LogP contribution is 2.34. The molecule has 2 rings (SSSR count). The molecule has 1 aliphatic heterocycles. The average molecular weight is 259 g/mol. The second-order valence-corrected chi connectivity index (χ2v) is 6.58. The van der Waals surface area contributed by atoms with Crippen LogP contribution in [0, 0.1) is 5.92 Å². The van der Waals surface area contributed by atoms with Gasteiger partial charge in [-0.1, -0.05) is 18.5 Å². The predicted octanol–water partition coefficient (Wildman–Crippen LogP) is 3.13. The van der Waals surface area contributed by atoms with Crippen LogP contribution in [-0.4, -0.2) is 24.0 Å². The van der Waals surface area contributed by atoms with E-state index in [9.17, 15) is 0 Å². The third-order valence-electron chi connectivity index (χ3n) is 3.23. The van der Waals surface area contributed by atoms with Gasteiger partial charge in [0.05, 0.1) is 10.4 Å². The fourth-order valence-electron chi connectivity index (χ4n) is 2.48. The highest BCUT2D eigenvalue weighted by molar-refractivity contribution is 7.16. The third-order valence-corrected chi connectivity index (χ3v) is 4.53. The molecule has 0 aromatic carbocycles. The first-order chi connectivity index (χ1) is 7.58. The summed E-state index contributed by atoms with van der Waals surface area (Å²) in [5, 5.41) is 0. The summed E-state index contributed by atoms with van der Waals surface area (Å²) < 4.78 is 0.855. The summed E-state index contributed by atoms with van der Waals surface area (Å²) >= 11 is 7.66. The van der Waals surface area contributed by atoms with Crippen LogP contribution in [0.1, 0.15) is 31.2 Å². The van der Waals surface area contributed by atoms with E-state index in [1.807, 2.05) is 6.07 Å². The molecule has 0 amide bonds. The van der Waals surface area contributed by atoms with Crippen molar-refractivity contribution in [3.05, 3.63) is 21.3 Å². The fraction of sp³-hybridized carbons (Fsp3) is 0.667. The van der Waals surface area contributed by atoms with Gasteiger partial charge >= 0.3 is 0 Å². The number of halogens is 1. The van der Waals surface area contributed by atoms with Crippen molar-refractivity contribution >= 4 is 22.9 Å². The molecule has 2 nitrogen and oxygen atoms in total. The predicted molar refractivity (Wildman–Crippen MR) is 71.1 cm³/mol. The topological polar surface area (TPSA) is 29.3 Å². The van der Waals surface area contributed by atoms with Crippen molar-refractivity contribution in [2.24, 2.45) is 11.7 Å². The molecule has 0 radical (unpaired) electrons.